The van der Waals surface area contributed by atoms with Crippen LogP contribution in [0.15, 0.2) is 0 Å². The highest BCUT2D eigenvalue weighted by atomic mass is 16.6. The zero-order chi connectivity index (χ0) is 13.1. The molecule has 1 aliphatic rings. The number of ether oxygens (including phenoxy) is 2. The highest BCUT2D eigenvalue weighted by Gasteiger charge is 2.14. The van der Waals surface area contributed by atoms with Crippen molar-refractivity contribution in [1.82, 2.24) is 0 Å². The Morgan fingerprint density at radius 1 is 0.778 bits per heavy atom. The minimum atomic E-state index is -0.405. The third-order valence-corrected chi connectivity index (χ3v) is 3.48. The number of hydrogen-bond acceptors (Lipinski definition) is 3. The molecule has 0 radical (unpaired) electrons. The van der Waals surface area contributed by atoms with Crippen molar-refractivity contribution in [2.45, 2.75) is 77.2 Å². The van der Waals surface area contributed by atoms with E-state index in [1.807, 2.05) is 0 Å². The van der Waals surface area contributed by atoms with Crippen LogP contribution >= 0.6 is 0 Å². The minimum absolute atomic E-state index is 0.206. The second kappa shape index (κ2) is 10.4. The monoisotopic (exact) mass is 256 g/mol. The van der Waals surface area contributed by atoms with Crippen molar-refractivity contribution >= 4 is 5.97 Å². The van der Waals surface area contributed by atoms with Crippen molar-refractivity contribution in [3.05, 3.63) is 0 Å². The van der Waals surface area contributed by atoms with Crippen LogP contribution in [-0.4, -0.2) is 25.3 Å². The smallest absolute Gasteiger partial charge is 0.334 e. The van der Waals surface area contributed by atoms with Crippen LogP contribution in [0.2, 0.25) is 0 Å². The Morgan fingerprint density at radius 3 is 1.78 bits per heavy atom. The van der Waals surface area contributed by atoms with Gasteiger partial charge in [-0.3, -0.25) is 0 Å². The summed E-state index contributed by atoms with van der Waals surface area (Å²) in [6.07, 6.45) is 12.0. The summed E-state index contributed by atoms with van der Waals surface area (Å²) >= 11 is 0. The van der Waals surface area contributed by atoms with Crippen LogP contribution in [0.3, 0.4) is 0 Å². The molecule has 0 spiro atoms. The minimum Gasteiger partial charge on any atom is -0.464 e. The first-order valence-electron chi connectivity index (χ1n) is 7.59. The van der Waals surface area contributed by atoms with E-state index in [9.17, 15) is 4.79 Å². The molecule has 0 aliphatic carbocycles. The van der Waals surface area contributed by atoms with Crippen LogP contribution in [0.25, 0.3) is 0 Å². The van der Waals surface area contributed by atoms with Crippen LogP contribution in [0, 0.1) is 0 Å². The van der Waals surface area contributed by atoms with Gasteiger partial charge in [-0.2, -0.15) is 0 Å². The fourth-order valence-corrected chi connectivity index (χ4v) is 2.24. The summed E-state index contributed by atoms with van der Waals surface area (Å²) in [7, 11) is 0. The molecular formula is C15H28O3. The van der Waals surface area contributed by atoms with Crippen molar-refractivity contribution in [3.63, 3.8) is 0 Å². The third-order valence-electron chi connectivity index (χ3n) is 3.48. The lowest BCUT2D eigenvalue weighted by Gasteiger charge is -2.13. The highest BCUT2D eigenvalue weighted by molar-refractivity contribution is 5.74. The molecular weight excluding hydrogens is 228 g/mol. The first-order valence-corrected chi connectivity index (χ1v) is 7.59. The summed E-state index contributed by atoms with van der Waals surface area (Å²) in [6.45, 7) is 3.01. The average molecular weight is 256 g/mol. The molecule has 0 amide bonds. The van der Waals surface area contributed by atoms with Gasteiger partial charge in [-0.15, -0.1) is 0 Å². The van der Waals surface area contributed by atoms with Crippen molar-refractivity contribution < 1.29 is 14.3 Å². The van der Waals surface area contributed by atoms with Gasteiger partial charge in [-0.1, -0.05) is 51.4 Å². The van der Waals surface area contributed by atoms with Crippen LogP contribution in [0.1, 0.15) is 71.1 Å². The maximum atomic E-state index is 11.6. The average Bonchev–Trinajstić information content (AvgIpc) is 2.37. The molecule has 0 N–H and O–H groups in total. The number of hydrogen-bond donors (Lipinski definition) is 0. The Bertz CT molecular complexity index is 216. The Morgan fingerprint density at radius 2 is 1.22 bits per heavy atom. The van der Waals surface area contributed by atoms with E-state index in [2.05, 4.69) is 0 Å². The van der Waals surface area contributed by atoms with Crippen molar-refractivity contribution in [3.8, 4) is 0 Å². The number of rotatable bonds is 0. The van der Waals surface area contributed by atoms with E-state index in [0.717, 1.165) is 12.8 Å². The first-order chi connectivity index (χ1) is 8.80. The zero-order valence-electron chi connectivity index (χ0n) is 11.8. The van der Waals surface area contributed by atoms with Crippen LogP contribution in [-0.2, 0) is 14.3 Å². The second-order valence-electron chi connectivity index (χ2n) is 5.22. The Balaban J connectivity index is 2.22. The second-order valence-corrected chi connectivity index (χ2v) is 5.22. The molecule has 3 nitrogen and oxygen atoms in total. The molecule has 1 fully saturated rings. The number of cyclic esters (lactones) is 1. The molecule has 0 unspecified atom stereocenters. The van der Waals surface area contributed by atoms with Crippen molar-refractivity contribution in [2.75, 3.05) is 13.2 Å². The Kier molecular flexibility index (Phi) is 8.92. The fraction of sp³-hybridized carbons (Fsp3) is 0.933. The van der Waals surface area contributed by atoms with E-state index in [1.165, 1.54) is 51.4 Å². The predicted octanol–water partition coefficient (Wildman–Crippen LogP) is 3.85. The predicted molar refractivity (Wildman–Crippen MR) is 72.5 cm³/mol. The molecule has 0 aromatic heterocycles. The van der Waals surface area contributed by atoms with Crippen LogP contribution in [0.5, 0.6) is 0 Å². The Labute approximate surface area is 111 Å². The zero-order valence-corrected chi connectivity index (χ0v) is 11.8. The molecule has 3 heteroatoms. The molecule has 1 atom stereocenters. The van der Waals surface area contributed by atoms with Gasteiger partial charge in [0.2, 0.25) is 0 Å². The molecule has 1 saturated heterocycles. The standard InChI is InChI=1S/C15H28O3/c1-14-15(16)18-13-11-9-7-5-3-2-4-6-8-10-12-17-14/h14H,2-13H2,1H3/t14-/m0/s1. The summed E-state index contributed by atoms with van der Waals surface area (Å²) < 4.78 is 10.7. The van der Waals surface area contributed by atoms with E-state index in [-0.39, 0.29) is 5.97 Å². The molecule has 1 rings (SSSR count). The molecule has 1 aliphatic heterocycles. The van der Waals surface area contributed by atoms with E-state index in [4.69, 9.17) is 9.47 Å². The van der Waals surface area contributed by atoms with Gasteiger partial charge in [0.1, 0.15) is 0 Å². The summed E-state index contributed by atoms with van der Waals surface area (Å²) in [4.78, 5) is 11.6. The van der Waals surface area contributed by atoms with E-state index in [0.29, 0.717) is 13.2 Å². The van der Waals surface area contributed by atoms with Gasteiger partial charge in [0.05, 0.1) is 6.61 Å². The quantitative estimate of drug-likeness (QED) is 0.618. The molecule has 0 aromatic rings. The molecule has 0 aromatic carbocycles. The van der Waals surface area contributed by atoms with Gasteiger partial charge >= 0.3 is 5.97 Å². The SMILES string of the molecule is C[C@@H]1OCCCCCCCCCCCCOC1=O. The third kappa shape index (κ3) is 7.70. The van der Waals surface area contributed by atoms with E-state index >= 15 is 0 Å². The van der Waals surface area contributed by atoms with Gasteiger partial charge in [0.25, 0.3) is 0 Å². The summed E-state index contributed by atoms with van der Waals surface area (Å²) in [5.41, 5.74) is 0. The topological polar surface area (TPSA) is 35.5 Å². The van der Waals surface area contributed by atoms with Gasteiger partial charge in [0, 0.05) is 6.61 Å². The maximum Gasteiger partial charge on any atom is 0.334 e. The summed E-state index contributed by atoms with van der Waals surface area (Å²) in [5.74, 6) is -0.206. The highest BCUT2D eigenvalue weighted by Crippen LogP contribution is 2.11. The van der Waals surface area contributed by atoms with E-state index in [1.54, 1.807) is 6.92 Å². The normalized spacial score (nSPS) is 26.5. The molecule has 0 bridgehead atoms. The number of carbonyl (C=O) groups excluding carboxylic acids is 1. The fourth-order valence-electron chi connectivity index (χ4n) is 2.24. The Hall–Kier alpha value is -0.570. The number of carbonyl (C=O) groups is 1. The van der Waals surface area contributed by atoms with E-state index < -0.39 is 6.10 Å². The maximum absolute atomic E-state index is 11.6. The lowest BCUT2D eigenvalue weighted by Crippen LogP contribution is -2.24. The first kappa shape index (κ1) is 15.5. The summed E-state index contributed by atoms with van der Waals surface area (Å²) in [5, 5.41) is 0. The molecule has 0 saturated carbocycles. The van der Waals surface area contributed by atoms with Gasteiger partial charge in [-0.25, -0.2) is 4.79 Å². The molecule has 18 heavy (non-hydrogen) atoms. The van der Waals surface area contributed by atoms with Crippen molar-refractivity contribution in [1.29, 1.82) is 0 Å². The van der Waals surface area contributed by atoms with Crippen molar-refractivity contribution in [2.24, 2.45) is 0 Å². The van der Waals surface area contributed by atoms with Gasteiger partial charge in [0.15, 0.2) is 6.10 Å². The van der Waals surface area contributed by atoms with Gasteiger partial charge < -0.3 is 9.47 Å². The molecule has 1 heterocycles. The summed E-state index contributed by atoms with van der Waals surface area (Å²) in [6, 6.07) is 0. The lowest BCUT2D eigenvalue weighted by molar-refractivity contribution is -0.156. The van der Waals surface area contributed by atoms with Crippen LogP contribution in [0.4, 0.5) is 0 Å². The van der Waals surface area contributed by atoms with Crippen LogP contribution < -0.4 is 0 Å². The largest absolute Gasteiger partial charge is 0.464 e. The molecule has 106 valence electrons. The van der Waals surface area contributed by atoms with Gasteiger partial charge in [-0.05, 0) is 19.8 Å². The lowest BCUT2D eigenvalue weighted by atomic mass is 10.1. The number of esters is 1.